The molecule has 0 atom stereocenters. The molecule has 1 aliphatic carbocycles. The summed E-state index contributed by atoms with van der Waals surface area (Å²) in [7, 11) is 3.31. The lowest BCUT2D eigenvalue weighted by molar-refractivity contribution is -0.143. The Hall–Kier alpha value is -2.49. The molecule has 0 bridgehead atoms. The van der Waals surface area contributed by atoms with Crippen LogP contribution in [0.15, 0.2) is 36.4 Å². The van der Waals surface area contributed by atoms with Crippen molar-refractivity contribution in [3.05, 3.63) is 58.7 Å². The molecule has 0 spiro atoms. The van der Waals surface area contributed by atoms with E-state index in [1.54, 1.807) is 14.2 Å². The normalized spacial score (nSPS) is 13.5. The highest BCUT2D eigenvalue weighted by Gasteiger charge is 2.31. The molecule has 4 nitrogen and oxygen atoms in total. The number of hydrogen-bond acceptors (Lipinski definition) is 4. The fourth-order valence-corrected chi connectivity index (χ4v) is 3.33. The summed E-state index contributed by atoms with van der Waals surface area (Å²) in [5.74, 6) is 0.992. The van der Waals surface area contributed by atoms with Gasteiger partial charge in [0.2, 0.25) is 0 Å². The van der Waals surface area contributed by atoms with Crippen LogP contribution in [-0.4, -0.2) is 26.8 Å². The van der Waals surface area contributed by atoms with Gasteiger partial charge in [0, 0.05) is 0 Å². The highest BCUT2D eigenvalue weighted by molar-refractivity contribution is 5.84. The Morgan fingerprint density at radius 3 is 1.88 bits per heavy atom. The molecule has 2 aromatic carbocycles. The topological polar surface area (TPSA) is 44.8 Å². The minimum absolute atomic E-state index is 0.211. The number of methoxy groups -OCH3 is 2. The second-order valence-electron chi connectivity index (χ2n) is 5.81. The average Bonchev–Trinajstić information content (AvgIpc) is 2.77. The Balaban J connectivity index is 2.14. The van der Waals surface area contributed by atoms with Gasteiger partial charge >= 0.3 is 5.97 Å². The van der Waals surface area contributed by atoms with E-state index in [-0.39, 0.29) is 5.97 Å². The molecule has 0 radical (unpaired) electrons. The smallest absolute Gasteiger partial charge is 0.317 e. The van der Waals surface area contributed by atoms with E-state index in [2.05, 4.69) is 0 Å². The first-order chi connectivity index (χ1) is 11.7. The third-order valence-electron chi connectivity index (χ3n) is 4.51. The zero-order valence-electron chi connectivity index (χ0n) is 14.3. The number of benzene rings is 2. The van der Waals surface area contributed by atoms with Gasteiger partial charge in [-0.2, -0.15) is 0 Å². The number of hydrogen-bond donors (Lipinski definition) is 0. The van der Waals surface area contributed by atoms with Crippen molar-refractivity contribution in [2.45, 2.75) is 25.7 Å². The van der Waals surface area contributed by atoms with Crippen molar-refractivity contribution in [2.24, 2.45) is 0 Å². The van der Waals surface area contributed by atoms with Crippen LogP contribution >= 0.6 is 0 Å². The van der Waals surface area contributed by atoms with Gasteiger partial charge in [-0.25, -0.2) is 0 Å². The lowest BCUT2D eigenvalue weighted by Crippen LogP contribution is -2.18. The highest BCUT2D eigenvalue weighted by Crippen LogP contribution is 2.38. The molecule has 0 N–H and O–H groups in total. The third-order valence-corrected chi connectivity index (χ3v) is 4.51. The Labute approximate surface area is 142 Å². The second-order valence-corrected chi connectivity index (χ2v) is 5.81. The zero-order valence-corrected chi connectivity index (χ0v) is 14.3. The van der Waals surface area contributed by atoms with E-state index in [4.69, 9.17) is 14.2 Å². The average molecular weight is 326 g/mol. The standard InChI is InChI=1S/C20H22O4/c1-4-24-20(21)19-17-9-7-15(22-2)11-13(17)5-6-14-12-16(23-3)8-10-18(14)19/h7-12,19H,4-6H2,1-3H3. The molecule has 2 aromatic rings. The number of rotatable bonds is 4. The van der Waals surface area contributed by atoms with Crippen LogP contribution in [0.25, 0.3) is 0 Å². The van der Waals surface area contributed by atoms with Crippen LogP contribution in [0.4, 0.5) is 0 Å². The van der Waals surface area contributed by atoms with Crippen molar-refractivity contribution >= 4 is 5.97 Å². The summed E-state index contributed by atoms with van der Waals surface area (Å²) in [4.78, 5) is 12.7. The van der Waals surface area contributed by atoms with Gasteiger partial charge < -0.3 is 14.2 Å². The van der Waals surface area contributed by atoms with Crippen molar-refractivity contribution < 1.29 is 19.0 Å². The first-order valence-corrected chi connectivity index (χ1v) is 8.18. The summed E-state index contributed by atoms with van der Waals surface area (Å²) in [5, 5.41) is 0. The Morgan fingerprint density at radius 2 is 1.46 bits per heavy atom. The summed E-state index contributed by atoms with van der Waals surface area (Å²) in [6, 6.07) is 11.8. The maximum atomic E-state index is 12.7. The fraction of sp³-hybridized carbons (Fsp3) is 0.350. The van der Waals surface area contributed by atoms with Crippen molar-refractivity contribution in [1.29, 1.82) is 0 Å². The van der Waals surface area contributed by atoms with E-state index in [0.717, 1.165) is 46.6 Å². The van der Waals surface area contributed by atoms with Crippen LogP contribution in [0, 0.1) is 0 Å². The number of carbonyl (C=O) groups is 1. The molecular weight excluding hydrogens is 304 g/mol. The van der Waals surface area contributed by atoms with Gasteiger partial charge in [0.25, 0.3) is 0 Å². The van der Waals surface area contributed by atoms with Crippen molar-refractivity contribution in [3.63, 3.8) is 0 Å². The number of aryl methyl sites for hydroxylation is 2. The fourth-order valence-electron chi connectivity index (χ4n) is 3.33. The molecule has 4 heteroatoms. The van der Waals surface area contributed by atoms with Gasteiger partial charge in [-0.3, -0.25) is 4.79 Å². The van der Waals surface area contributed by atoms with E-state index in [1.807, 2.05) is 43.3 Å². The molecule has 3 rings (SSSR count). The van der Waals surface area contributed by atoms with Gasteiger partial charge in [-0.1, -0.05) is 12.1 Å². The van der Waals surface area contributed by atoms with Gasteiger partial charge in [0.1, 0.15) is 17.4 Å². The number of ether oxygens (including phenoxy) is 3. The van der Waals surface area contributed by atoms with Gasteiger partial charge in [-0.05, 0) is 66.3 Å². The molecule has 0 saturated carbocycles. The molecule has 0 aromatic heterocycles. The monoisotopic (exact) mass is 326 g/mol. The molecule has 126 valence electrons. The van der Waals surface area contributed by atoms with Crippen LogP contribution in [0.3, 0.4) is 0 Å². The highest BCUT2D eigenvalue weighted by atomic mass is 16.5. The van der Waals surface area contributed by atoms with Gasteiger partial charge in [-0.15, -0.1) is 0 Å². The van der Waals surface area contributed by atoms with E-state index in [9.17, 15) is 4.79 Å². The minimum atomic E-state index is -0.408. The number of carbonyl (C=O) groups excluding carboxylic acids is 1. The molecule has 0 fully saturated rings. The van der Waals surface area contributed by atoms with Crippen LogP contribution in [-0.2, 0) is 22.4 Å². The SMILES string of the molecule is CCOC(=O)C1c2ccc(OC)cc2CCc2cc(OC)ccc21. The maximum Gasteiger partial charge on any atom is 0.317 e. The largest absolute Gasteiger partial charge is 0.497 e. The summed E-state index contributed by atoms with van der Waals surface area (Å²) in [6.07, 6.45) is 1.70. The number of esters is 1. The molecule has 0 unspecified atom stereocenters. The molecular formula is C20H22O4. The first-order valence-electron chi connectivity index (χ1n) is 8.18. The predicted octanol–water partition coefficient (Wildman–Crippen LogP) is 3.50. The minimum Gasteiger partial charge on any atom is -0.497 e. The Kier molecular flexibility index (Phi) is 4.74. The molecule has 0 saturated heterocycles. The van der Waals surface area contributed by atoms with Crippen molar-refractivity contribution in [3.8, 4) is 11.5 Å². The van der Waals surface area contributed by atoms with Gasteiger partial charge in [0.15, 0.2) is 0 Å². The summed E-state index contributed by atoms with van der Waals surface area (Å²) < 4.78 is 16.0. The second kappa shape index (κ2) is 6.95. The van der Waals surface area contributed by atoms with E-state index in [0.29, 0.717) is 6.61 Å². The summed E-state index contributed by atoms with van der Waals surface area (Å²) >= 11 is 0. The predicted molar refractivity (Wildman–Crippen MR) is 91.9 cm³/mol. The van der Waals surface area contributed by atoms with Crippen LogP contribution in [0.5, 0.6) is 11.5 Å². The summed E-state index contributed by atoms with van der Waals surface area (Å²) in [6.45, 7) is 2.20. The lowest BCUT2D eigenvalue weighted by atomic mass is 9.88. The molecule has 0 amide bonds. The quantitative estimate of drug-likeness (QED) is 0.807. The van der Waals surface area contributed by atoms with Gasteiger partial charge in [0.05, 0.1) is 20.8 Å². The van der Waals surface area contributed by atoms with Crippen LogP contribution < -0.4 is 9.47 Å². The molecule has 0 aliphatic heterocycles. The Morgan fingerprint density at radius 1 is 0.958 bits per heavy atom. The van der Waals surface area contributed by atoms with Crippen molar-refractivity contribution in [1.82, 2.24) is 0 Å². The lowest BCUT2D eigenvalue weighted by Gasteiger charge is -2.19. The molecule has 0 heterocycles. The molecule has 24 heavy (non-hydrogen) atoms. The third kappa shape index (κ3) is 2.96. The van der Waals surface area contributed by atoms with E-state index >= 15 is 0 Å². The summed E-state index contributed by atoms with van der Waals surface area (Å²) in [5.41, 5.74) is 4.25. The molecule has 1 aliphatic rings. The van der Waals surface area contributed by atoms with Crippen LogP contribution in [0.1, 0.15) is 35.1 Å². The number of fused-ring (bicyclic) bond motifs is 2. The maximum absolute atomic E-state index is 12.7. The Bertz CT molecular complexity index is 696. The van der Waals surface area contributed by atoms with E-state index < -0.39 is 5.92 Å². The first kappa shape index (κ1) is 16.4. The van der Waals surface area contributed by atoms with Crippen molar-refractivity contribution in [2.75, 3.05) is 20.8 Å². The zero-order chi connectivity index (χ0) is 17.1. The van der Waals surface area contributed by atoms with Crippen LogP contribution in [0.2, 0.25) is 0 Å². The van der Waals surface area contributed by atoms with E-state index in [1.165, 1.54) is 0 Å².